The normalized spacial score (nSPS) is 17.6. The maximum Gasteiger partial charge on any atom is 0.191 e. The Balaban J connectivity index is 4.19. The summed E-state index contributed by atoms with van der Waals surface area (Å²) in [6.07, 6.45) is 0.719. The van der Waals surface area contributed by atoms with Crippen molar-refractivity contribution in [3.8, 4) is 0 Å². The van der Waals surface area contributed by atoms with E-state index >= 15 is 0 Å². The minimum atomic E-state index is -1.65. The second kappa shape index (κ2) is 5.19. The highest BCUT2D eigenvalue weighted by atomic mass is 28.4. The zero-order valence-corrected chi connectivity index (χ0v) is 13.3. The molecule has 0 heterocycles. The van der Waals surface area contributed by atoms with Gasteiger partial charge >= 0.3 is 0 Å². The fraction of sp³-hybridized carbons (Fsp3) is 1.00. The van der Waals surface area contributed by atoms with Gasteiger partial charge in [-0.05, 0) is 37.4 Å². The summed E-state index contributed by atoms with van der Waals surface area (Å²) < 4.78 is 6.06. The Morgan fingerprint density at radius 3 is 1.88 bits per heavy atom. The van der Waals surface area contributed by atoms with Gasteiger partial charge in [0, 0.05) is 6.61 Å². The van der Waals surface area contributed by atoms with Gasteiger partial charge in [0.1, 0.15) is 0 Å². The zero-order chi connectivity index (χ0) is 13.2. The van der Waals surface area contributed by atoms with Gasteiger partial charge in [0.05, 0.1) is 5.60 Å². The van der Waals surface area contributed by atoms with Crippen LogP contribution in [0.4, 0.5) is 0 Å². The molecule has 98 valence electrons. The number of aliphatic hydroxyl groups is 1. The van der Waals surface area contributed by atoms with E-state index in [1.807, 2.05) is 20.8 Å². The van der Waals surface area contributed by atoms with E-state index in [4.69, 9.17) is 4.43 Å². The van der Waals surface area contributed by atoms with Gasteiger partial charge in [-0.25, -0.2) is 0 Å². The smallest absolute Gasteiger partial charge is 0.191 e. The molecule has 0 aromatic carbocycles. The molecule has 0 aliphatic rings. The van der Waals surface area contributed by atoms with Gasteiger partial charge in [-0.3, -0.25) is 0 Å². The minimum absolute atomic E-state index is 0.247. The molecule has 0 bridgehead atoms. The van der Waals surface area contributed by atoms with Crippen LogP contribution in [-0.2, 0) is 4.43 Å². The van der Waals surface area contributed by atoms with Crippen LogP contribution in [0.5, 0.6) is 0 Å². The lowest BCUT2D eigenvalue weighted by Crippen LogP contribution is -2.42. The molecule has 16 heavy (non-hydrogen) atoms. The van der Waals surface area contributed by atoms with E-state index in [0.29, 0.717) is 6.61 Å². The first-order valence-corrected chi connectivity index (χ1v) is 9.17. The molecule has 1 unspecified atom stereocenters. The minimum Gasteiger partial charge on any atom is -0.417 e. The first-order valence-electron chi connectivity index (χ1n) is 6.26. The van der Waals surface area contributed by atoms with Crippen molar-refractivity contribution in [2.45, 2.75) is 71.7 Å². The first-order chi connectivity index (χ1) is 6.90. The summed E-state index contributed by atoms with van der Waals surface area (Å²) >= 11 is 0. The summed E-state index contributed by atoms with van der Waals surface area (Å²) in [5.41, 5.74) is -0.609. The van der Waals surface area contributed by atoms with Crippen molar-refractivity contribution < 1.29 is 9.53 Å². The molecule has 2 nitrogen and oxygen atoms in total. The van der Waals surface area contributed by atoms with Crippen molar-refractivity contribution in [1.29, 1.82) is 0 Å². The van der Waals surface area contributed by atoms with E-state index in [9.17, 15) is 5.11 Å². The highest BCUT2D eigenvalue weighted by Gasteiger charge is 2.37. The number of rotatable bonds is 5. The molecule has 0 aliphatic carbocycles. The van der Waals surface area contributed by atoms with Crippen molar-refractivity contribution in [1.82, 2.24) is 0 Å². The summed E-state index contributed by atoms with van der Waals surface area (Å²) in [6, 6.07) is 0. The molecule has 0 saturated heterocycles. The summed E-state index contributed by atoms with van der Waals surface area (Å²) in [4.78, 5) is 0. The van der Waals surface area contributed by atoms with Crippen LogP contribution in [-0.4, -0.2) is 25.6 Å². The maximum absolute atomic E-state index is 10.1. The second-order valence-corrected chi connectivity index (χ2v) is 11.7. The molecule has 0 spiro atoms. The Morgan fingerprint density at radius 2 is 1.56 bits per heavy atom. The van der Waals surface area contributed by atoms with Crippen molar-refractivity contribution in [2.75, 3.05) is 6.61 Å². The maximum atomic E-state index is 10.1. The molecule has 3 heteroatoms. The monoisotopic (exact) mass is 246 g/mol. The van der Waals surface area contributed by atoms with Crippen LogP contribution in [0.2, 0.25) is 18.1 Å². The number of hydrogen-bond acceptors (Lipinski definition) is 2. The lowest BCUT2D eigenvalue weighted by molar-refractivity contribution is -0.00655. The van der Waals surface area contributed by atoms with Gasteiger partial charge in [0.2, 0.25) is 0 Å². The van der Waals surface area contributed by atoms with Gasteiger partial charge in [-0.1, -0.05) is 34.6 Å². The van der Waals surface area contributed by atoms with E-state index in [2.05, 4.69) is 33.9 Å². The molecule has 0 rings (SSSR count). The topological polar surface area (TPSA) is 29.5 Å². The predicted octanol–water partition coefficient (Wildman–Crippen LogP) is 3.81. The van der Waals surface area contributed by atoms with Gasteiger partial charge in [-0.2, -0.15) is 0 Å². The molecule has 1 N–H and O–H groups in total. The largest absolute Gasteiger partial charge is 0.417 e. The molecule has 0 fully saturated rings. The fourth-order valence-electron chi connectivity index (χ4n) is 1.02. The predicted molar refractivity (Wildman–Crippen MR) is 73.2 cm³/mol. The van der Waals surface area contributed by atoms with E-state index < -0.39 is 13.9 Å². The lowest BCUT2D eigenvalue weighted by Gasteiger charge is -2.37. The molecule has 0 aliphatic heterocycles. The summed E-state index contributed by atoms with van der Waals surface area (Å²) in [6.45, 7) is 17.9. The van der Waals surface area contributed by atoms with Crippen molar-refractivity contribution in [3.05, 3.63) is 0 Å². The standard InChI is InChI=1S/C13H30O2Si/c1-11(2)13(6,14)9-10-15-16(7,8)12(3,4)5/h11,14H,9-10H2,1-8H3. The zero-order valence-electron chi connectivity index (χ0n) is 12.3. The van der Waals surface area contributed by atoms with Crippen LogP contribution in [0.3, 0.4) is 0 Å². The Labute approximate surface area is 103 Å². The van der Waals surface area contributed by atoms with Crippen molar-refractivity contribution in [2.24, 2.45) is 5.92 Å². The number of hydrogen-bond donors (Lipinski definition) is 1. The average molecular weight is 246 g/mol. The van der Waals surface area contributed by atoms with Crippen molar-refractivity contribution >= 4 is 8.32 Å². The van der Waals surface area contributed by atoms with Crippen LogP contribution in [0.25, 0.3) is 0 Å². The molecule has 0 amide bonds. The Bertz CT molecular complexity index is 214. The van der Waals surface area contributed by atoms with Crippen LogP contribution in [0.15, 0.2) is 0 Å². The lowest BCUT2D eigenvalue weighted by atomic mass is 9.90. The third-order valence-electron chi connectivity index (χ3n) is 4.12. The molecule has 0 aromatic rings. The SMILES string of the molecule is CC(C)C(C)(O)CCO[Si](C)(C)C(C)(C)C. The van der Waals surface area contributed by atoms with Crippen molar-refractivity contribution in [3.63, 3.8) is 0 Å². The van der Waals surface area contributed by atoms with Gasteiger partial charge in [0.15, 0.2) is 8.32 Å². The molecular weight excluding hydrogens is 216 g/mol. The third kappa shape index (κ3) is 4.56. The average Bonchev–Trinajstić information content (AvgIpc) is 2.00. The first kappa shape index (κ1) is 16.1. The van der Waals surface area contributed by atoms with Gasteiger partial charge < -0.3 is 9.53 Å². The molecule has 0 saturated carbocycles. The Hall–Kier alpha value is 0.137. The summed E-state index contributed by atoms with van der Waals surface area (Å²) in [5.74, 6) is 0.274. The van der Waals surface area contributed by atoms with Crippen LogP contribution < -0.4 is 0 Å². The second-order valence-electron chi connectivity index (χ2n) is 6.87. The molecule has 1 atom stereocenters. The van der Waals surface area contributed by atoms with E-state index in [-0.39, 0.29) is 11.0 Å². The fourth-order valence-corrected chi connectivity index (χ4v) is 2.06. The van der Waals surface area contributed by atoms with Crippen LogP contribution >= 0.6 is 0 Å². The summed E-state index contributed by atoms with van der Waals surface area (Å²) in [7, 11) is -1.65. The van der Waals surface area contributed by atoms with Gasteiger partial charge in [0.25, 0.3) is 0 Å². The van der Waals surface area contributed by atoms with E-state index in [1.165, 1.54) is 0 Å². The molecule has 0 aromatic heterocycles. The van der Waals surface area contributed by atoms with Crippen LogP contribution in [0, 0.1) is 5.92 Å². The summed E-state index contributed by atoms with van der Waals surface area (Å²) in [5, 5.41) is 10.4. The van der Waals surface area contributed by atoms with E-state index in [0.717, 1.165) is 6.42 Å². The Kier molecular flexibility index (Phi) is 5.24. The Morgan fingerprint density at radius 1 is 1.12 bits per heavy atom. The molecular formula is C13H30O2Si. The highest BCUT2D eigenvalue weighted by Crippen LogP contribution is 2.36. The van der Waals surface area contributed by atoms with Gasteiger partial charge in [-0.15, -0.1) is 0 Å². The quantitative estimate of drug-likeness (QED) is 0.748. The van der Waals surface area contributed by atoms with Crippen LogP contribution in [0.1, 0.15) is 48.0 Å². The third-order valence-corrected chi connectivity index (χ3v) is 8.66. The van der Waals surface area contributed by atoms with E-state index in [1.54, 1.807) is 0 Å². The highest BCUT2D eigenvalue weighted by molar-refractivity contribution is 6.74. The molecule has 0 radical (unpaired) electrons.